The van der Waals surface area contributed by atoms with Gasteiger partial charge in [0, 0.05) is 68.2 Å². The number of hydrogen-bond acceptors (Lipinski definition) is 9. The average Bonchev–Trinajstić information content (AvgIpc) is 3.09. The highest BCUT2D eigenvalue weighted by atomic mass is 19.1. The summed E-state index contributed by atoms with van der Waals surface area (Å²) >= 11 is 0. The summed E-state index contributed by atoms with van der Waals surface area (Å²) in [5.74, 6) is 1.69. The maximum absolute atomic E-state index is 15.3. The number of carbonyl (C=O) groups is 1. The van der Waals surface area contributed by atoms with Crippen molar-refractivity contribution in [1.82, 2.24) is 14.8 Å². The van der Waals surface area contributed by atoms with Gasteiger partial charge in [-0.3, -0.25) is 9.79 Å². The molecule has 2 aliphatic heterocycles. The lowest BCUT2D eigenvalue weighted by atomic mass is 10.0. The number of nitrogens with one attached hydrogen (secondary N) is 1. The van der Waals surface area contributed by atoms with Gasteiger partial charge in [0.1, 0.15) is 34.6 Å². The third kappa shape index (κ3) is 8.07. The standard InChI is InChI=1S/C35H43FN8O3/c1-6-34(45)44-15-10-23(11-16-44)40-31-21-27(30(38-2)22-32(31)46-5)35(37)41-29-8-7-25(19-28(29)36)47-26-9-14-39-33(20-26)43-17-12-24(13-18-43)42(3)4/h6-9,14,19-24,40H,1-2,10-13,15-18H2,3-5H3,(H2,37,41). The molecule has 248 valence electrons. The number of nitrogens with two attached hydrogens (primary N) is 1. The Morgan fingerprint density at radius 3 is 2.43 bits per heavy atom. The molecule has 1 aromatic heterocycles. The third-order valence-electron chi connectivity index (χ3n) is 8.74. The molecule has 12 heteroatoms. The molecule has 2 saturated heterocycles. The molecule has 2 aromatic carbocycles. The summed E-state index contributed by atoms with van der Waals surface area (Å²) in [6.45, 7) is 10.3. The molecule has 11 nitrogen and oxygen atoms in total. The minimum absolute atomic E-state index is 0.0497. The van der Waals surface area contributed by atoms with Crippen LogP contribution in [-0.2, 0) is 4.79 Å². The summed E-state index contributed by atoms with van der Waals surface area (Å²) in [5.41, 5.74) is 8.09. The molecule has 3 aromatic rings. The van der Waals surface area contributed by atoms with Crippen molar-refractivity contribution >= 4 is 41.3 Å². The molecule has 0 saturated carbocycles. The molecule has 2 fully saturated rings. The minimum atomic E-state index is -0.591. The fourth-order valence-electron chi connectivity index (χ4n) is 6.00. The number of halogens is 1. The van der Waals surface area contributed by atoms with Crippen LogP contribution in [0.5, 0.6) is 17.2 Å². The zero-order valence-electron chi connectivity index (χ0n) is 27.3. The number of nitrogens with zero attached hydrogens (tertiary/aromatic N) is 6. The van der Waals surface area contributed by atoms with Crippen LogP contribution in [0.2, 0.25) is 0 Å². The van der Waals surface area contributed by atoms with Gasteiger partial charge < -0.3 is 35.2 Å². The van der Waals surface area contributed by atoms with E-state index < -0.39 is 5.82 Å². The first-order valence-electron chi connectivity index (χ1n) is 15.7. The Kier molecular flexibility index (Phi) is 10.7. The van der Waals surface area contributed by atoms with E-state index >= 15 is 4.39 Å². The van der Waals surface area contributed by atoms with Crippen LogP contribution in [-0.4, -0.2) is 92.7 Å². The maximum Gasteiger partial charge on any atom is 0.245 e. The predicted octanol–water partition coefficient (Wildman–Crippen LogP) is 5.51. The Labute approximate surface area is 275 Å². The van der Waals surface area contributed by atoms with Gasteiger partial charge in [-0.25, -0.2) is 14.4 Å². The SMILES string of the molecule is C=CC(=O)N1CCC(Nc2cc(C(N)=Nc3ccc(Oc4ccnc(N5CCC(N(C)C)CC5)c4)cc3F)c(N=C)cc2OC)CC1. The first kappa shape index (κ1) is 33.4. The van der Waals surface area contributed by atoms with Gasteiger partial charge in [0.15, 0.2) is 5.82 Å². The second-order valence-corrected chi connectivity index (χ2v) is 11.9. The van der Waals surface area contributed by atoms with E-state index in [0.717, 1.165) is 44.6 Å². The van der Waals surface area contributed by atoms with Gasteiger partial charge in [-0.2, -0.15) is 0 Å². The van der Waals surface area contributed by atoms with Gasteiger partial charge in [-0.05, 0) is 76.8 Å². The van der Waals surface area contributed by atoms with Crippen LogP contribution < -0.4 is 25.4 Å². The fourth-order valence-corrected chi connectivity index (χ4v) is 6.00. The number of aromatic nitrogens is 1. The van der Waals surface area contributed by atoms with E-state index in [4.69, 9.17) is 15.2 Å². The molecule has 0 spiro atoms. The van der Waals surface area contributed by atoms with E-state index in [1.54, 1.807) is 42.5 Å². The van der Waals surface area contributed by atoms with E-state index in [1.165, 1.54) is 18.2 Å². The Bertz CT molecular complexity index is 1630. The number of aliphatic imine (C=N–C) groups is 2. The van der Waals surface area contributed by atoms with Gasteiger partial charge in [-0.1, -0.05) is 6.58 Å². The number of rotatable bonds is 11. The number of amidine groups is 1. The van der Waals surface area contributed by atoms with Crippen LogP contribution >= 0.6 is 0 Å². The van der Waals surface area contributed by atoms with E-state index in [2.05, 4.69) is 57.5 Å². The lowest BCUT2D eigenvalue weighted by Gasteiger charge is -2.35. The van der Waals surface area contributed by atoms with Crippen LogP contribution in [0.15, 0.2) is 71.3 Å². The minimum Gasteiger partial charge on any atom is -0.495 e. The lowest BCUT2D eigenvalue weighted by Crippen LogP contribution is -2.42. The zero-order valence-corrected chi connectivity index (χ0v) is 27.3. The Morgan fingerprint density at radius 1 is 1.06 bits per heavy atom. The van der Waals surface area contributed by atoms with Crippen LogP contribution in [0.25, 0.3) is 0 Å². The topological polar surface area (TPSA) is 121 Å². The number of amides is 1. The first-order valence-corrected chi connectivity index (χ1v) is 15.7. The van der Waals surface area contributed by atoms with Crippen LogP contribution in [0, 0.1) is 5.82 Å². The number of anilines is 2. The number of pyridine rings is 1. The summed E-state index contributed by atoms with van der Waals surface area (Å²) in [6.07, 6.45) is 6.66. The molecular formula is C35H43FN8O3. The number of methoxy groups -OCH3 is 1. The van der Waals surface area contributed by atoms with Crippen LogP contribution in [0.4, 0.5) is 27.3 Å². The summed E-state index contributed by atoms with van der Waals surface area (Å²) in [7, 11) is 5.79. The predicted molar refractivity (Wildman–Crippen MR) is 186 cm³/mol. The maximum atomic E-state index is 15.3. The lowest BCUT2D eigenvalue weighted by molar-refractivity contribution is -0.126. The molecule has 0 aliphatic carbocycles. The number of ether oxygens (including phenoxy) is 2. The second kappa shape index (κ2) is 15.1. The van der Waals surface area contributed by atoms with Crippen molar-refractivity contribution < 1.29 is 18.7 Å². The van der Waals surface area contributed by atoms with Gasteiger partial charge in [0.05, 0.1) is 18.5 Å². The van der Waals surface area contributed by atoms with E-state index in [-0.39, 0.29) is 23.5 Å². The Morgan fingerprint density at radius 2 is 1.79 bits per heavy atom. The fraction of sp³-hybridized carbons (Fsp3) is 0.371. The summed E-state index contributed by atoms with van der Waals surface area (Å²) in [4.78, 5) is 31.3. The number of benzene rings is 2. The summed E-state index contributed by atoms with van der Waals surface area (Å²) in [5, 5.41) is 3.50. The molecule has 3 heterocycles. The van der Waals surface area contributed by atoms with Gasteiger partial charge in [0.2, 0.25) is 5.91 Å². The second-order valence-electron chi connectivity index (χ2n) is 11.9. The smallest absolute Gasteiger partial charge is 0.245 e. The normalized spacial score (nSPS) is 16.2. The highest BCUT2D eigenvalue weighted by Gasteiger charge is 2.24. The van der Waals surface area contributed by atoms with Crippen molar-refractivity contribution in [3.05, 3.63) is 72.7 Å². The molecule has 0 unspecified atom stereocenters. The number of carbonyl (C=O) groups excluding carboxylic acids is 1. The van der Waals surface area contributed by atoms with Gasteiger partial charge in [0.25, 0.3) is 0 Å². The average molecular weight is 643 g/mol. The summed E-state index contributed by atoms with van der Waals surface area (Å²) in [6, 6.07) is 12.2. The summed E-state index contributed by atoms with van der Waals surface area (Å²) < 4.78 is 26.9. The Balaban J connectivity index is 1.30. The van der Waals surface area contributed by atoms with Crippen LogP contribution in [0.3, 0.4) is 0 Å². The molecule has 0 atom stereocenters. The van der Waals surface area contributed by atoms with E-state index in [0.29, 0.717) is 53.3 Å². The third-order valence-corrected chi connectivity index (χ3v) is 8.74. The molecule has 0 bridgehead atoms. The van der Waals surface area contributed by atoms with Gasteiger partial charge >= 0.3 is 0 Å². The number of piperidine rings is 2. The van der Waals surface area contributed by atoms with Crippen LogP contribution in [0.1, 0.15) is 31.2 Å². The van der Waals surface area contributed by atoms with Crippen molar-refractivity contribution in [1.29, 1.82) is 0 Å². The van der Waals surface area contributed by atoms with E-state index in [9.17, 15) is 4.79 Å². The molecular weight excluding hydrogens is 599 g/mol. The monoisotopic (exact) mass is 642 g/mol. The molecule has 47 heavy (non-hydrogen) atoms. The molecule has 0 radical (unpaired) electrons. The van der Waals surface area contributed by atoms with Gasteiger partial charge in [-0.15, -0.1) is 0 Å². The molecule has 3 N–H and O–H groups in total. The van der Waals surface area contributed by atoms with Crippen molar-refractivity contribution in [3.63, 3.8) is 0 Å². The Hall–Kier alpha value is -4.97. The highest BCUT2D eigenvalue weighted by molar-refractivity contribution is 6.04. The van der Waals surface area contributed by atoms with E-state index in [1.807, 2.05) is 6.07 Å². The largest absolute Gasteiger partial charge is 0.495 e. The molecule has 5 rings (SSSR count). The first-order chi connectivity index (χ1) is 22.7. The quantitative estimate of drug-likeness (QED) is 0.160. The highest BCUT2D eigenvalue weighted by Crippen LogP contribution is 2.36. The van der Waals surface area contributed by atoms with Crippen molar-refractivity contribution in [2.75, 3.05) is 57.6 Å². The number of hydrogen-bond donors (Lipinski definition) is 2. The number of likely N-dealkylation sites (tertiary alicyclic amines) is 1. The van der Waals surface area contributed by atoms with Crippen molar-refractivity contribution in [2.24, 2.45) is 15.7 Å². The van der Waals surface area contributed by atoms with Crippen molar-refractivity contribution in [3.8, 4) is 17.2 Å². The molecule has 1 amide bonds. The zero-order chi connectivity index (χ0) is 33.5. The van der Waals surface area contributed by atoms with Crippen molar-refractivity contribution in [2.45, 2.75) is 37.8 Å². The molecule has 2 aliphatic rings.